The molecule has 95 heavy (non-hydrogen) atoms. The van der Waals surface area contributed by atoms with E-state index in [1.54, 1.807) is 0 Å². The number of aliphatic hydroxyl groups is 17. The van der Waals surface area contributed by atoms with Gasteiger partial charge >= 0.3 is 22.3 Å². The number of aliphatic hydroxyl groups excluding tert-OH is 17. The van der Waals surface area contributed by atoms with Gasteiger partial charge in [-0.2, -0.15) is 8.42 Å². The highest BCUT2D eigenvalue weighted by atomic mass is 32.3. The third-order valence-corrected chi connectivity index (χ3v) is 16.6. The number of carbonyl (C=O) groups excluding carboxylic acids is 4. The van der Waals surface area contributed by atoms with Gasteiger partial charge in [0.05, 0.1) is 63.9 Å². The van der Waals surface area contributed by atoms with Crippen LogP contribution in [-0.2, 0) is 95.5 Å². The van der Waals surface area contributed by atoms with Crippen LogP contribution in [-0.4, -0.2) is 380 Å². The molecule has 6 heterocycles. The zero-order valence-electron chi connectivity index (χ0n) is 50.5. The van der Waals surface area contributed by atoms with E-state index in [4.69, 9.17) is 52.1 Å². The van der Waals surface area contributed by atoms with E-state index < -0.39 is 294 Å². The molecule has 44 nitrogen and oxygen atoms in total. The Labute approximate surface area is 536 Å². The number of rotatable bonds is 28. The molecule has 4 amide bonds. The van der Waals surface area contributed by atoms with E-state index in [-0.39, 0.29) is 0 Å². The fraction of sp³-hybridized carbons (Fsp3) is 0.880. The summed E-state index contributed by atoms with van der Waals surface area (Å²) in [5.74, 6) is -14.6. The van der Waals surface area contributed by atoms with Gasteiger partial charge in [0, 0.05) is 40.5 Å². The number of hydrogen-bond acceptors (Lipinski definition) is 37. The second-order valence-electron chi connectivity index (χ2n) is 23.1. The number of aliphatic carboxylic acids is 2. The Balaban J connectivity index is 1.26. The van der Waals surface area contributed by atoms with Crippen LogP contribution in [0.15, 0.2) is 0 Å². The fourth-order valence-corrected chi connectivity index (χ4v) is 11.9. The number of carboxylic acids is 2. The number of carbonyl (C=O) groups is 6. The molecule has 0 saturated carbocycles. The molecule has 0 aromatic heterocycles. The zero-order valence-corrected chi connectivity index (χ0v) is 51.3. The number of carboxylic acid groups (broad SMARTS) is 2. The lowest BCUT2D eigenvalue weighted by atomic mass is 9.88. The Morgan fingerprint density at radius 3 is 1.27 bits per heavy atom. The predicted octanol–water partition coefficient (Wildman–Crippen LogP) is -15.3. The zero-order chi connectivity index (χ0) is 71.3. The smallest absolute Gasteiger partial charge is 0.397 e. The molecular formula is C50H82N4O40S. The first kappa shape index (κ1) is 79.6. The summed E-state index contributed by atoms with van der Waals surface area (Å²) >= 11 is 0. The largest absolute Gasteiger partial charge is 0.477 e. The second kappa shape index (κ2) is 33.2. The average Bonchev–Trinajstić information content (AvgIpc) is 0.761. The van der Waals surface area contributed by atoms with E-state index in [2.05, 4.69) is 25.5 Å². The minimum atomic E-state index is -5.45. The SMILES string of the molecule is CC(=O)N[C@H]1[C@H](OC[C@H]2OC(O)[C@H](NC(C)=O)[C@@H](O[C@@H]3O[C@H](COS(=O)(=O)O)[C@H](O)[C@H](O[C@]4(C(=O)O)C[C@H](O)[C@@H](NC(C)=O)[C@H]([C@H](O)[C@H](O)CO)O4)[C@H]3O)[C@H]2O)O[C@H](CO)[C@@H](O[C@@H]2O[C@H](CO)[C@H](O)[C@H](O[C@]3(C(=O)O)C[C@H](O)[C@@H](NC(C)=O)[C@H]([C@H](O)[C@H](O)CO)O3)[C@H]2O)[C@@H]1O. The molecule has 6 aliphatic heterocycles. The summed E-state index contributed by atoms with van der Waals surface area (Å²) < 4.78 is 100. The van der Waals surface area contributed by atoms with Crippen molar-refractivity contribution in [2.45, 2.75) is 236 Å². The number of ether oxygens (including phenoxy) is 11. The Morgan fingerprint density at radius 1 is 0.484 bits per heavy atom. The van der Waals surface area contributed by atoms with Crippen molar-refractivity contribution in [2.24, 2.45) is 0 Å². The summed E-state index contributed by atoms with van der Waals surface area (Å²) in [7, 11) is -5.45. The molecule has 1 unspecified atom stereocenters. The highest BCUT2D eigenvalue weighted by Crippen LogP contribution is 2.41. The van der Waals surface area contributed by atoms with Crippen LogP contribution < -0.4 is 21.3 Å². The van der Waals surface area contributed by atoms with Crippen LogP contribution in [0.1, 0.15) is 40.5 Å². The maximum atomic E-state index is 13.2. The minimum absolute atomic E-state index is 0.855. The molecule has 0 aromatic carbocycles. The summed E-state index contributed by atoms with van der Waals surface area (Å²) in [6, 6.07) is -7.34. The van der Waals surface area contributed by atoms with Gasteiger partial charge in [-0.1, -0.05) is 0 Å². The predicted molar refractivity (Wildman–Crippen MR) is 290 cm³/mol. The summed E-state index contributed by atoms with van der Waals surface area (Å²) in [5.41, 5.74) is 0. The monoisotopic (exact) mass is 1410 g/mol. The molecule has 0 aromatic rings. The van der Waals surface area contributed by atoms with Gasteiger partial charge in [0.1, 0.15) is 134 Å². The molecule has 6 aliphatic rings. The lowest BCUT2D eigenvalue weighted by Gasteiger charge is -2.51. The van der Waals surface area contributed by atoms with Crippen LogP contribution in [0.2, 0.25) is 0 Å². The van der Waals surface area contributed by atoms with Crippen LogP contribution in [0, 0.1) is 0 Å². The van der Waals surface area contributed by atoms with Crippen molar-refractivity contribution >= 4 is 46.0 Å². The summed E-state index contributed by atoms with van der Waals surface area (Å²) in [6.45, 7) is -3.55. The molecule has 6 fully saturated rings. The van der Waals surface area contributed by atoms with Crippen molar-refractivity contribution in [3.63, 3.8) is 0 Å². The van der Waals surface area contributed by atoms with Crippen LogP contribution >= 0.6 is 0 Å². The molecule has 32 atom stereocenters. The molecule has 45 heteroatoms. The molecule has 0 bridgehead atoms. The van der Waals surface area contributed by atoms with Gasteiger partial charge in [-0.3, -0.25) is 23.7 Å². The number of nitrogens with one attached hydrogen (secondary N) is 4. The Morgan fingerprint density at radius 2 is 0.863 bits per heavy atom. The topological polar surface area (TPSA) is 700 Å². The van der Waals surface area contributed by atoms with E-state index >= 15 is 0 Å². The van der Waals surface area contributed by atoms with Gasteiger partial charge in [0.15, 0.2) is 25.2 Å². The van der Waals surface area contributed by atoms with Gasteiger partial charge in [-0.25, -0.2) is 13.8 Å². The van der Waals surface area contributed by atoms with Gasteiger partial charge < -0.3 is 170 Å². The van der Waals surface area contributed by atoms with Crippen molar-refractivity contribution in [3.05, 3.63) is 0 Å². The summed E-state index contributed by atoms with van der Waals surface area (Å²) in [6.07, 6.45) is -60.6. The van der Waals surface area contributed by atoms with Gasteiger partial charge in [0.2, 0.25) is 23.6 Å². The van der Waals surface area contributed by atoms with Crippen molar-refractivity contribution in [3.8, 4) is 0 Å². The maximum Gasteiger partial charge on any atom is 0.397 e. The Bertz CT molecular complexity index is 2710. The maximum absolute atomic E-state index is 13.2. The van der Waals surface area contributed by atoms with E-state index in [0.717, 1.165) is 27.7 Å². The molecule has 6 saturated heterocycles. The first-order valence-corrected chi connectivity index (χ1v) is 30.4. The van der Waals surface area contributed by atoms with Crippen molar-refractivity contribution in [2.75, 3.05) is 39.6 Å². The third-order valence-electron chi connectivity index (χ3n) is 16.2. The molecular weight excluding hydrogens is 1330 g/mol. The highest BCUT2D eigenvalue weighted by molar-refractivity contribution is 7.80. The van der Waals surface area contributed by atoms with Crippen LogP contribution in [0.25, 0.3) is 0 Å². The van der Waals surface area contributed by atoms with Crippen molar-refractivity contribution < 1.29 is 195 Å². The molecule has 0 aliphatic carbocycles. The quantitative estimate of drug-likeness (QED) is 0.0324. The fourth-order valence-electron chi connectivity index (χ4n) is 11.6. The van der Waals surface area contributed by atoms with Crippen LogP contribution in [0.3, 0.4) is 0 Å². The van der Waals surface area contributed by atoms with Crippen LogP contribution in [0.4, 0.5) is 0 Å². The molecule has 6 rings (SSSR count). The van der Waals surface area contributed by atoms with Crippen molar-refractivity contribution in [1.82, 2.24) is 21.3 Å². The second-order valence-corrected chi connectivity index (χ2v) is 24.2. The molecule has 24 N–H and O–H groups in total. The Kier molecular flexibility index (Phi) is 27.8. The van der Waals surface area contributed by atoms with E-state index in [1.165, 1.54) is 0 Å². The normalized spacial score (nSPS) is 42.3. The molecule has 548 valence electrons. The lowest BCUT2D eigenvalue weighted by Crippen LogP contribution is -2.71. The Hall–Kier alpha value is -4.43. The average molecular weight is 1410 g/mol. The summed E-state index contributed by atoms with van der Waals surface area (Å²) in [5, 5.41) is 217. The van der Waals surface area contributed by atoms with Gasteiger partial charge in [-0.05, 0) is 0 Å². The first-order valence-electron chi connectivity index (χ1n) is 29.0. The third kappa shape index (κ3) is 18.5. The lowest BCUT2D eigenvalue weighted by molar-refractivity contribution is -0.384. The van der Waals surface area contributed by atoms with Gasteiger partial charge in [0.25, 0.3) is 11.6 Å². The first-order chi connectivity index (χ1) is 44.3. The van der Waals surface area contributed by atoms with Crippen molar-refractivity contribution in [1.29, 1.82) is 0 Å². The molecule has 0 radical (unpaired) electrons. The van der Waals surface area contributed by atoms with E-state index in [0.29, 0.717) is 0 Å². The van der Waals surface area contributed by atoms with E-state index in [1.807, 2.05) is 0 Å². The minimum Gasteiger partial charge on any atom is -0.477 e. The number of hydrogen-bond donors (Lipinski definition) is 24. The standard InChI is InChI=1S/C50H82N4O40S/c1-13(59)51-25-17(63)5-49(47(76)77,91-39(25)29(67)19(65)7-55)93-41-31(69)21(9-57)86-45(35(41)73)89-37-22(10-58)87-44(27(34(37)72)53-15(3)61)83-11-23-32(70)38(28(43(75)85-23)54-16(4)62)90-46-36(74)42(33(71)24(88-46)12-84-95(80,81)82)94-50(48(78)79)6-18(64)26(52-14(2)60)40(92-50)30(68)20(66)8-56/h17-46,55-58,63-75H,5-12H2,1-4H3,(H,51,59)(H,52,60)(H,53,61)(H,54,62)(H,76,77)(H,78,79)(H,80,81,82)/t17-,18-,19+,20+,21+,22+,23+,24+,25+,26+,27+,28+,29+,30+,31-,32-,33-,34+,35+,36+,37+,38+,39+,40+,41-,42-,43?,44+,45-,46-,49-,50-/m0/s1. The summed E-state index contributed by atoms with van der Waals surface area (Å²) in [4.78, 5) is 75.8. The van der Waals surface area contributed by atoms with E-state index in [9.17, 15) is 139 Å². The van der Waals surface area contributed by atoms with Crippen LogP contribution in [0.5, 0.6) is 0 Å². The molecule has 0 spiro atoms. The number of amides is 4. The highest BCUT2D eigenvalue weighted by Gasteiger charge is 2.63. The van der Waals surface area contributed by atoms with Gasteiger partial charge in [-0.15, -0.1) is 0 Å².